The van der Waals surface area contributed by atoms with Gasteiger partial charge in [0.2, 0.25) is 5.91 Å². The topological polar surface area (TPSA) is 63.8 Å². The Morgan fingerprint density at radius 3 is 2.77 bits per heavy atom. The van der Waals surface area contributed by atoms with Crippen molar-refractivity contribution in [3.8, 4) is 17.2 Å². The van der Waals surface area contributed by atoms with Gasteiger partial charge in [0.15, 0.2) is 11.5 Å². The number of hydrogen-bond acceptors (Lipinski definition) is 4. The van der Waals surface area contributed by atoms with Crippen LogP contribution in [0.4, 0.5) is 0 Å². The van der Waals surface area contributed by atoms with Crippen LogP contribution in [0.2, 0.25) is 0 Å². The molecule has 0 saturated carbocycles. The van der Waals surface area contributed by atoms with Gasteiger partial charge < -0.3 is 24.1 Å². The zero-order valence-electron chi connectivity index (χ0n) is 17.4. The summed E-state index contributed by atoms with van der Waals surface area (Å²) in [6, 6.07) is 12.2. The van der Waals surface area contributed by atoms with Crippen molar-refractivity contribution in [1.82, 2.24) is 9.88 Å². The standard InChI is InChI=1S/C24H26N2O4/c1-15-24-18(17-5-3-4-6-19(17)25-24)9-10-26(15)23(27)8-7-16-13-21-22(14-20(16)28-2)30-12-11-29-21/h3-6,13-15,25H,7-12H2,1-2H3/t15-/m0/s1. The number of fused-ring (bicyclic) bond motifs is 4. The molecule has 1 N–H and O–H groups in total. The highest BCUT2D eigenvalue weighted by Gasteiger charge is 2.30. The van der Waals surface area contributed by atoms with Gasteiger partial charge in [-0.1, -0.05) is 18.2 Å². The number of hydrogen-bond donors (Lipinski definition) is 1. The lowest BCUT2D eigenvalue weighted by Gasteiger charge is -2.34. The number of para-hydroxylation sites is 1. The van der Waals surface area contributed by atoms with Crippen LogP contribution in [0.5, 0.6) is 17.2 Å². The number of carbonyl (C=O) groups is 1. The third kappa shape index (κ3) is 3.16. The predicted molar refractivity (Wildman–Crippen MR) is 114 cm³/mol. The maximum absolute atomic E-state index is 13.1. The number of aryl methyl sites for hydroxylation is 1. The highest BCUT2D eigenvalue weighted by atomic mass is 16.6. The third-order valence-electron chi connectivity index (χ3n) is 6.21. The van der Waals surface area contributed by atoms with Gasteiger partial charge in [-0.2, -0.15) is 0 Å². The Labute approximate surface area is 175 Å². The Kier molecular flexibility index (Phi) is 4.77. The Morgan fingerprint density at radius 1 is 1.20 bits per heavy atom. The van der Waals surface area contributed by atoms with Gasteiger partial charge in [0, 0.05) is 35.6 Å². The van der Waals surface area contributed by atoms with Crippen LogP contribution >= 0.6 is 0 Å². The molecule has 30 heavy (non-hydrogen) atoms. The normalized spacial score (nSPS) is 17.7. The van der Waals surface area contributed by atoms with Gasteiger partial charge in [0.05, 0.1) is 13.2 Å². The number of aromatic nitrogens is 1. The number of aromatic amines is 1. The molecule has 5 rings (SSSR count). The molecule has 2 aromatic carbocycles. The van der Waals surface area contributed by atoms with Crippen LogP contribution in [-0.4, -0.2) is 42.7 Å². The van der Waals surface area contributed by atoms with Crippen LogP contribution in [0.3, 0.4) is 0 Å². The average Bonchev–Trinajstić information content (AvgIpc) is 3.17. The fourth-order valence-electron chi connectivity index (χ4n) is 4.65. The van der Waals surface area contributed by atoms with Crippen molar-refractivity contribution in [1.29, 1.82) is 0 Å². The summed E-state index contributed by atoms with van der Waals surface area (Å²) in [5, 5.41) is 1.27. The molecule has 0 unspecified atom stereocenters. The molecule has 6 heteroatoms. The van der Waals surface area contributed by atoms with Gasteiger partial charge in [0.1, 0.15) is 19.0 Å². The number of rotatable bonds is 4. The van der Waals surface area contributed by atoms with Gasteiger partial charge in [-0.3, -0.25) is 4.79 Å². The predicted octanol–water partition coefficient (Wildman–Crippen LogP) is 4.03. The van der Waals surface area contributed by atoms with E-state index in [1.807, 2.05) is 23.1 Å². The summed E-state index contributed by atoms with van der Waals surface area (Å²) >= 11 is 0. The van der Waals surface area contributed by atoms with E-state index in [4.69, 9.17) is 14.2 Å². The molecule has 1 aromatic heterocycles. The molecular weight excluding hydrogens is 380 g/mol. The number of ether oxygens (including phenoxy) is 3. The van der Waals surface area contributed by atoms with Gasteiger partial charge >= 0.3 is 0 Å². The molecule has 0 spiro atoms. The number of H-pyrrole nitrogens is 1. The first kappa shape index (κ1) is 18.9. The third-order valence-corrected chi connectivity index (χ3v) is 6.21. The van der Waals surface area contributed by atoms with E-state index in [1.165, 1.54) is 10.9 Å². The van der Waals surface area contributed by atoms with Crippen LogP contribution < -0.4 is 14.2 Å². The highest BCUT2D eigenvalue weighted by Crippen LogP contribution is 2.38. The minimum Gasteiger partial charge on any atom is -0.496 e. The molecule has 0 radical (unpaired) electrons. The van der Waals surface area contributed by atoms with Gasteiger partial charge in [-0.05, 0) is 43.0 Å². The van der Waals surface area contributed by atoms with Crippen molar-refractivity contribution in [2.45, 2.75) is 32.2 Å². The molecule has 3 aromatic rings. The number of nitrogens with one attached hydrogen (secondary N) is 1. The summed E-state index contributed by atoms with van der Waals surface area (Å²) < 4.78 is 16.8. The van der Waals surface area contributed by atoms with Crippen LogP contribution in [0.15, 0.2) is 36.4 Å². The molecular formula is C24H26N2O4. The largest absolute Gasteiger partial charge is 0.496 e. The van der Waals surface area contributed by atoms with E-state index in [1.54, 1.807) is 7.11 Å². The molecule has 2 aliphatic rings. The van der Waals surface area contributed by atoms with Gasteiger partial charge in [-0.15, -0.1) is 0 Å². The Balaban J connectivity index is 1.33. The van der Waals surface area contributed by atoms with Gasteiger partial charge in [0.25, 0.3) is 0 Å². The number of benzene rings is 2. The van der Waals surface area contributed by atoms with Crippen LogP contribution in [0.25, 0.3) is 10.9 Å². The average molecular weight is 406 g/mol. The molecule has 156 valence electrons. The summed E-state index contributed by atoms with van der Waals surface area (Å²) in [5.41, 5.74) is 4.61. The molecule has 3 heterocycles. The minimum atomic E-state index is 0.0378. The summed E-state index contributed by atoms with van der Waals surface area (Å²) in [5.74, 6) is 2.31. The monoisotopic (exact) mass is 406 g/mol. The zero-order valence-corrected chi connectivity index (χ0v) is 17.4. The summed E-state index contributed by atoms with van der Waals surface area (Å²) in [4.78, 5) is 18.6. The Bertz CT molecular complexity index is 1100. The lowest BCUT2D eigenvalue weighted by atomic mass is 9.97. The number of carbonyl (C=O) groups excluding carboxylic acids is 1. The van der Waals surface area contributed by atoms with Gasteiger partial charge in [-0.25, -0.2) is 0 Å². The molecule has 0 saturated heterocycles. The number of amides is 1. The number of methoxy groups -OCH3 is 1. The van der Waals surface area contributed by atoms with Crippen LogP contribution in [0, 0.1) is 0 Å². The summed E-state index contributed by atoms with van der Waals surface area (Å²) in [6.07, 6.45) is 1.90. The Hall–Kier alpha value is -3.15. The van der Waals surface area contributed by atoms with Crippen molar-refractivity contribution < 1.29 is 19.0 Å². The lowest BCUT2D eigenvalue weighted by molar-refractivity contribution is -0.133. The quantitative estimate of drug-likeness (QED) is 0.711. The molecule has 1 atom stereocenters. The molecule has 1 amide bonds. The smallest absolute Gasteiger partial charge is 0.223 e. The first-order valence-electron chi connectivity index (χ1n) is 10.5. The van der Waals surface area contributed by atoms with Crippen molar-refractivity contribution in [3.05, 3.63) is 53.2 Å². The van der Waals surface area contributed by atoms with Crippen molar-refractivity contribution in [2.75, 3.05) is 26.9 Å². The van der Waals surface area contributed by atoms with E-state index in [-0.39, 0.29) is 11.9 Å². The number of nitrogens with zero attached hydrogens (tertiary/aromatic N) is 1. The fraction of sp³-hybridized carbons (Fsp3) is 0.375. The maximum atomic E-state index is 13.1. The maximum Gasteiger partial charge on any atom is 0.223 e. The SMILES string of the molecule is COc1cc2c(cc1CCC(=O)N1CCc3c([nH]c4ccccc34)[C@@H]1C)OCCO2. The van der Waals surface area contributed by atoms with Crippen molar-refractivity contribution >= 4 is 16.8 Å². The van der Waals surface area contributed by atoms with E-state index in [0.717, 1.165) is 41.2 Å². The molecule has 6 nitrogen and oxygen atoms in total. The highest BCUT2D eigenvalue weighted by molar-refractivity contribution is 5.86. The van der Waals surface area contributed by atoms with E-state index in [9.17, 15) is 4.79 Å². The summed E-state index contributed by atoms with van der Waals surface area (Å²) in [6.45, 7) is 3.93. The fourth-order valence-corrected chi connectivity index (χ4v) is 4.65. The first-order chi connectivity index (χ1) is 14.7. The zero-order chi connectivity index (χ0) is 20.7. The second-order valence-electron chi connectivity index (χ2n) is 7.88. The first-order valence-corrected chi connectivity index (χ1v) is 10.5. The van der Waals surface area contributed by atoms with Crippen molar-refractivity contribution in [2.24, 2.45) is 0 Å². The summed E-state index contributed by atoms with van der Waals surface area (Å²) in [7, 11) is 1.64. The Morgan fingerprint density at radius 2 is 1.97 bits per heavy atom. The van der Waals surface area contributed by atoms with E-state index in [2.05, 4.69) is 30.1 Å². The lowest BCUT2D eigenvalue weighted by Crippen LogP contribution is -2.38. The molecule has 0 bridgehead atoms. The molecule has 0 aliphatic carbocycles. The van der Waals surface area contributed by atoms with Crippen molar-refractivity contribution in [3.63, 3.8) is 0 Å². The van der Waals surface area contributed by atoms with Crippen LogP contribution in [0.1, 0.15) is 36.2 Å². The van der Waals surface area contributed by atoms with E-state index < -0.39 is 0 Å². The van der Waals surface area contributed by atoms with E-state index in [0.29, 0.717) is 31.8 Å². The second kappa shape index (κ2) is 7.59. The second-order valence-corrected chi connectivity index (χ2v) is 7.88. The van der Waals surface area contributed by atoms with E-state index >= 15 is 0 Å². The molecule has 2 aliphatic heterocycles. The van der Waals surface area contributed by atoms with Crippen LogP contribution in [-0.2, 0) is 17.6 Å². The minimum absolute atomic E-state index is 0.0378. The molecule has 0 fully saturated rings.